The smallest absolute Gasteiger partial charge is 0.358 e. The third kappa shape index (κ3) is 4.70. The molecule has 32 heavy (non-hydrogen) atoms. The summed E-state index contributed by atoms with van der Waals surface area (Å²) >= 11 is 1.29. The Balaban J connectivity index is 1.41. The van der Waals surface area contributed by atoms with Crippen LogP contribution in [0.3, 0.4) is 0 Å². The van der Waals surface area contributed by atoms with Gasteiger partial charge in [-0.3, -0.25) is 9.48 Å². The zero-order valence-electron chi connectivity index (χ0n) is 17.9. The molecular weight excluding hydrogens is 432 g/mol. The van der Waals surface area contributed by atoms with E-state index in [1.54, 1.807) is 42.5 Å². The fourth-order valence-corrected chi connectivity index (χ4v) is 3.72. The van der Waals surface area contributed by atoms with Crippen molar-refractivity contribution in [2.24, 2.45) is 7.05 Å². The molecule has 12 heteroatoms. The number of anilines is 1. The first-order chi connectivity index (χ1) is 15.3. The Kier molecular flexibility index (Phi) is 5.77. The number of aryl methyl sites for hydroxylation is 4. The van der Waals surface area contributed by atoms with E-state index >= 15 is 0 Å². The lowest BCUT2D eigenvalue weighted by molar-refractivity contribution is -0.119. The van der Waals surface area contributed by atoms with Crippen molar-refractivity contribution >= 4 is 29.0 Å². The van der Waals surface area contributed by atoms with Gasteiger partial charge in [-0.2, -0.15) is 14.9 Å². The fraction of sp³-hybridized carbons (Fsp3) is 0.250. The van der Waals surface area contributed by atoms with Gasteiger partial charge in [0.15, 0.2) is 12.3 Å². The number of amides is 1. The van der Waals surface area contributed by atoms with Crippen molar-refractivity contribution in [3.63, 3.8) is 0 Å². The van der Waals surface area contributed by atoms with E-state index in [4.69, 9.17) is 4.74 Å². The van der Waals surface area contributed by atoms with Crippen molar-refractivity contribution in [1.82, 2.24) is 34.5 Å². The Bertz CT molecular complexity index is 1290. The van der Waals surface area contributed by atoms with Gasteiger partial charge in [0.1, 0.15) is 10.8 Å². The van der Waals surface area contributed by atoms with Crippen LogP contribution in [0.25, 0.3) is 16.5 Å². The number of hydrogen-bond acceptors (Lipinski definition) is 9. The van der Waals surface area contributed by atoms with E-state index in [2.05, 4.69) is 30.5 Å². The van der Waals surface area contributed by atoms with Gasteiger partial charge >= 0.3 is 5.97 Å². The molecule has 0 atom stereocenters. The summed E-state index contributed by atoms with van der Waals surface area (Å²) in [4.78, 5) is 37.7. The topological polar surface area (TPSA) is 130 Å². The summed E-state index contributed by atoms with van der Waals surface area (Å²) in [5, 5.41) is 13.3. The molecular formula is C20H20N8O3S. The van der Waals surface area contributed by atoms with Gasteiger partial charge in [-0.1, -0.05) is 0 Å². The molecule has 4 rings (SSSR count). The number of esters is 1. The van der Waals surface area contributed by atoms with Gasteiger partial charge in [0.05, 0.1) is 11.9 Å². The average molecular weight is 453 g/mol. The van der Waals surface area contributed by atoms with Crippen LogP contribution in [0.2, 0.25) is 0 Å². The predicted octanol–water partition coefficient (Wildman–Crippen LogP) is 2.24. The standard InChI is InChI=1S/C20H20N8O3S/c1-11-5-12(2)23-20(22-11)28-16(6-13(3)26-28)25-17(29)9-31-19(30)15-10-32-18(24-15)14-7-21-27(4)8-14/h5-8,10H,9H2,1-4H3,(H,25,29). The molecule has 4 aromatic rings. The quantitative estimate of drug-likeness (QED) is 0.441. The molecule has 1 N–H and O–H groups in total. The van der Waals surface area contributed by atoms with E-state index in [1.165, 1.54) is 16.0 Å². The van der Waals surface area contributed by atoms with Crippen LogP contribution >= 0.6 is 11.3 Å². The van der Waals surface area contributed by atoms with E-state index in [-0.39, 0.29) is 5.69 Å². The lowest BCUT2D eigenvalue weighted by atomic mass is 10.4. The van der Waals surface area contributed by atoms with E-state index in [1.807, 2.05) is 19.9 Å². The summed E-state index contributed by atoms with van der Waals surface area (Å²) in [6.45, 7) is 5.02. The van der Waals surface area contributed by atoms with Crippen LogP contribution in [0.1, 0.15) is 27.6 Å². The van der Waals surface area contributed by atoms with E-state index < -0.39 is 18.5 Å². The highest BCUT2D eigenvalue weighted by Gasteiger charge is 2.18. The van der Waals surface area contributed by atoms with E-state index in [9.17, 15) is 9.59 Å². The Morgan fingerprint density at radius 3 is 2.53 bits per heavy atom. The molecule has 11 nitrogen and oxygen atoms in total. The highest BCUT2D eigenvalue weighted by atomic mass is 32.1. The molecule has 0 aliphatic rings. The average Bonchev–Trinajstić information content (AvgIpc) is 3.45. The number of rotatable bonds is 6. The predicted molar refractivity (Wildman–Crippen MR) is 117 cm³/mol. The van der Waals surface area contributed by atoms with Crippen molar-refractivity contribution in [2.75, 3.05) is 11.9 Å². The first-order valence-corrected chi connectivity index (χ1v) is 10.5. The second-order valence-corrected chi connectivity index (χ2v) is 7.96. The van der Waals surface area contributed by atoms with Crippen molar-refractivity contribution in [2.45, 2.75) is 20.8 Å². The van der Waals surface area contributed by atoms with Crippen molar-refractivity contribution in [3.05, 3.63) is 52.7 Å². The summed E-state index contributed by atoms with van der Waals surface area (Å²) in [7, 11) is 1.80. The van der Waals surface area contributed by atoms with Crippen molar-refractivity contribution < 1.29 is 14.3 Å². The SMILES string of the molecule is Cc1cc(C)nc(-n2nc(C)cc2NC(=O)COC(=O)c2csc(-c3cnn(C)c3)n2)n1. The summed E-state index contributed by atoms with van der Waals surface area (Å²) in [6.07, 6.45) is 3.46. The van der Waals surface area contributed by atoms with Crippen LogP contribution < -0.4 is 5.32 Å². The highest BCUT2D eigenvalue weighted by Crippen LogP contribution is 2.23. The molecule has 0 aromatic carbocycles. The molecule has 164 valence electrons. The minimum absolute atomic E-state index is 0.131. The molecule has 0 bridgehead atoms. The number of carbonyl (C=O) groups is 2. The molecule has 1 amide bonds. The fourth-order valence-electron chi connectivity index (χ4n) is 2.96. The largest absolute Gasteiger partial charge is 0.451 e. The number of thiazole rings is 1. The molecule has 0 spiro atoms. The number of hydrogen-bond donors (Lipinski definition) is 1. The molecule has 0 unspecified atom stereocenters. The third-order valence-corrected chi connectivity index (χ3v) is 5.15. The van der Waals surface area contributed by atoms with Gasteiger partial charge in [-0.05, 0) is 26.8 Å². The monoisotopic (exact) mass is 452 g/mol. The molecule has 0 saturated carbocycles. The lowest BCUT2D eigenvalue weighted by Gasteiger charge is -2.09. The van der Waals surface area contributed by atoms with Gasteiger partial charge in [-0.25, -0.2) is 19.7 Å². The van der Waals surface area contributed by atoms with E-state index in [0.29, 0.717) is 22.5 Å². The summed E-state index contributed by atoms with van der Waals surface area (Å²) < 4.78 is 8.21. The Morgan fingerprint density at radius 2 is 1.84 bits per heavy atom. The number of aromatic nitrogens is 7. The van der Waals surface area contributed by atoms with Crippen molar-refractivity contribution in [1.29, 1.82) is 0 Å². The molecule has 4 aromatic heterocycles. The third-order valence-electron chi connectivity index (χ3n) is 4.26. The number of ether oxygens (including phenoxy) is 1. The first kappa shape index (κ1) is 21.3. The Morgan fingerprint density at radius 1 is 1.09 bits per heavy atom. The van der Waals surface area contributed by atoms with Crippen molar-refractivity contribution in [3.8, 4) is 16.5 Å². The van der Waals surface area contributed by atoms with Gasteiger partial charge in [0.25, 0.3) is 11.9 Å². The molecule has 0 fully saturated rings. The normalized spacial score (nSPS) is 10.9. The van der Waals surface area contributed by atoms with Gasteiger partial charge in [-0.15, -0.1) is 11.3 Å². The number of carbonyl (C=O) groups excluding carboxylic acids is 2. The maximum absolute atomic E-state index is 12.4. The van der Waals surface area contributed by atoms with E-state index in [0.717, 1.165) is 17.0 Å². The minimum atomic E-state index is -0.686. The Hall–Kier alpha value is -3.93. The lowest BCUT2D eigenvalue weighted by Crippen LogP contribution is -2.23. The van der Waals surface area contributed by atoms with Crippen LogP contribution in [-0.4, -0.2) is 53.0 Å². The number of nitrogens with zero attached hydrogens (tertiary/aromatic N) is 7. The van der Waals surface area contributed by atoms with Crippen LogP contribution in [0, 0.1) is 20.8 Å². The summed E-state index contributed by atoms with van der Waals surface area (Å²) in [5.74, 6) is -0.491. The van der Waals surface area contributed by atoms with Gasteiger partial charge < -0.3 is 10.1 Å². The zero-order valence-corrected chi connectivity index (χ0v) is 18.7. The first-order valence-electron chi connectivity index (χ1n) is 9.59. The maximum atomic E-state index is 12.4. The second-order valence-electron chi connectivity index (χ2n) is 7.10. The van der Waals surface area contributed by atoms with Crippen LogP contribution in [0.4, 0.5) is 5.82 Å². The maximum Gasteiger partial charge on any atom is 0.358 e. The summed E-state index contributed by atoms with van der Waals surface area (Å²) in [6, 6.07) is 3.52. The molecule has 0 aliphatic carbocycles. The second kappa shape index (κ2) is 8.67. The molecule has 4 heterocycles. The van der Waals surface area contributed by atoms with Gasteiger partial charge in [0, 0.05) is 41.6 Å². The number of nitrogens with one attached hydrogen (secondary N) is 1. The van der Waals surface area contributed by atoms with Crippen LogP contribution in [-0.2, 0) is 16.6 Å². The molecule has 0 radical (unpaired) electrons. The summed E-state index contributed by atoms with van der Waals surface area (Å²) in [5.41, 5.74) is 3.16. The Labute approximate surface area is 187 Å². The van der Waals surface area contributed by atoms with Crippen LogP contribution in [0.5, 0.6) is 0 Å². The zero-order chi connectivity index (χ0) is 22.8. The molecule has 0 aliphatic heterocycles. The molecule has 0 saturated heterocycles. The van der Waals surface area contributed by atoms with Gasteiger partial charge in [0.2, 0.25) is 0 Å². The minimum Gasteiger partial charge on any atom is -0.451 e. The highest BCUT2D eigenvalue weighted by molar-refractivity contribution is 7.13. The van der Waals surface area contributed by atoms with Crippen LogP contribution in [0.15, 0.2) is 29.9 Å².